The molecule has 0 radical (unpaired) electrons. The van der Waals surface area contributed by atoms with E-state index in [2.05, 4.69) is 12.2 Å². The Kier molecular flexibility index (Phi) is 8.10. The van der Waals surface area contributed by atoms with Crippen LogP contribution in [-0.4, -0.2) is 13.7 Å². The smallest absolute Gasteiger partial charge is 0.161 e. The zero-order valence-corrected chi connectivity index (χ0v) is 14.3. The third kappa shape index (κ3) is 5.09. The number of hydrogen-bond acceptors (Lipinski definition) is 3. The maximum Gasteiger partial charge on any atom is 0.161 e. The summed E-state index contributed by atoms with van der Waals surface area (Å²) in [4.78, 5) is 0. The Morgan fingerprint density at radius 1 is 1.09 bits per heavy atom. The summed E-state index contributed by atoms with van der Waals surface area (Å²) in [5, 5.41) is 4.00. The van der Waals surface area contributed by atoms with Crippen molar-refractivity contribution in [3.8, 4) is 11.5 Å². The summed E-state index contributed by atoms with van der Waals surface area (Å²) in [7, 11) is 1.65. The molecule has 2 rings (SSSR count). The number of methoxy groups -OCH3 is 1. The quantitative estimate of drug-likeness (QED) is 0.806. The topological polar surface area (TPSA) is 30.5 Å². The van der Waals surface area contributed by atoms with Gasteiger partial charge in [-0.3, -0.25) is 0 Å². The summed E-state index contributed by atoms with van der Waals surface area (Å²) in [6.45, 7) is 4.26. The summed E-state index contributed by atoms with van der Waals surface area (Å²) in [6, 6.07) is 13.6. The average molecular weight is 342 g/mol. The van der Waals surface area contributed by atoms with Crippen LogP contribution in [0.25, 0.3) is 0 Å². The molecule has 120 valence electrons. The number of hydrogen-bond donors (Lipinski definition) is 1. The Labute approximate surface area is 143 Å². The number of nitrogens with one attached hydrogen (secondary N) is 1. The Balaban J connectivity index is 0.00000242. The van der Waals surface area contributed by atoms with Crippen molar-refractivity contribution in [2.45, 2.75) is 20.1 Å². The SMILES string of the molecule is CCNCc1ccc(OCc2ccccc2Cl)c(OC)c1.Cl. The fourth-order valence-corrected chi connectivity index (χ4v) is 2.17. The van der Waals surface area contributed by atoms with E-state index in [9.17, 15) is 0 Å². The van der Waals surface area contributed by atoms with Crippen molar-refractivity contribution < 1.29 is 9.47 Å². The zero-order chi connectivity index (χ0) is 15.1. The van der Waals surface area contributed by atoms with E-state index in [0.717, 1.165) is 30.2 Å². The van der Waals surface area contributed by atoms with Gasteiger partial charge >= 0.3 is 0 Å². The molecule has 3 nitrogen and oxygen atoms in total. The minimum absolute atomic E-state index is 0. The first-order valence-electron chi connectivity index (χ1n) is 6.98. The van der Waals surface area contributed by atoms with Gasteiger partial charge in [-0.1, -0.05) is 42.8 Å². The van der Waals surface area contributed by atoms with Crippen LogP contribution >= 0.6 is 24.0 Å². The van der Waals surface area contributed by atoms with E-state index < -0.39 is 0 Å². The molecule has 0 saturated carbocycles. The molecule has 0 aromatic heterocycles. The Bertz CT molecular complexity index is 591. The fourth-order valence-electron chi connectivity index (χ4n) is 1.98. The van der Waals surface area contributed by atoms with Gasteiger partial charge in [-0.2, -0.15) is 0 Å². The molecule has 0 aliphatic carbocycles. The lowest BCUT2D eigenvalue weighted by molar-refractivity contribution is 0.284. The number of halogens is 2. The molecule has 0 heterocycles. The Morgan fingerprint density at radius 3 is 2.55 bits per heavy atom. The average Bonchev–Trinajstić information content (AvgIpc) is 2.52. The lowest BCUT2D eigenvalue weighted by atomic mass is 10.2. The van der Waals surface area contributed by atoms with Crippen molar-refractivity contribution in [2.75, 3.05) is 13.7 Å². The van der Waals surface area contributed by atoms with Gasteiger partial charge in [-0.15, -0.1) is 12.4 Å². The lowest BCUT2D eigenvalue weighted by Crippen LogP contribution is -2.11. The Morgan fingerprint density at radius 2 is 1.86 bits per heavy atom. The molecule has 22 heavy (non-hydrogen) atoms. The van der Waals surface area contributed by atoms with Gasteiger partial charge in [0, 0.05) is 17.1 Å². The highest BCUT2D eigenvalue weighted by atomic mass is 35.5. The molecule has 0 amide bonds. The summed E-state index contributed by atoms with van der Waals surface area (Å²) >= 11 is 6.13. The number of ether oxygens (including phenoxy) is 2. The molecule has 0 aliphatic heterocycles. The molecule has 0 aliphatic rings. The van der Waals surface area contributed by atoms with E-state index in [1.807, 2.05) is 42.5 Å². The maximum atomic E-state index is 6.13. The van der Waals surface area contributed by atoms with E-state index in [4.69, 9.17) is 21.1 Å². The van der Waals surface area contributed by atoms with Crippen LogP contribution in [-0.2, 0) is 13.2 Å². The van der Waals surface area contributed by atoms with Crippen molar-refractivity contribution in [2.24, 2.45) is 0 Å². The minimum Gasteiger partial charge on any atom is -0.493 e. The second-order valence-corrected chi connectivity index (χ2v) is 5.05. The molecule has 0 fully saturated rings. The van der Waals surface area contributed by atoms with Gasteiger partial charge in [0.05, 0.1) is 7.11 Å². The molecule has 0 unspecified atom stereocenters. The number of benzene rings is 2. The van der Waals surface area contributed by atoms with Crippen molar-refractivity contribution in [1.29, 1.82) is 0 Å². The molecular weight excluding hydrogens is 321 g/mol. The summed E-state index contributed by atoms with van der Waals surface area (Å²) in [6.07, 6.45) is 0. The second-order valence-electron chi connectivity index (χ2n) is 4.65. The summed E-state index contributed by atoms with van der Waals surface area (Å²) < 4.78 is 11.2. The normalized spacial score (nSPS) is 9.95. The predicted molar refractivity (Wildman–Crippen MR) is 93.4 cm³/mol. The minimum atomic E-state index is 0. The molecule has 5 heteroatoms. The van der Waals surface area contributed by atoms with Crippen LogP contribution in [0.3, 0.4) is 0 Å². The number of rotatable bonds is 7. The van der Waals surface area contributed by atoms with Gasteiger partial charge in [0.25, 0.3) is 0 Å². The van der Waals surface area contributed by atoms with Crippen LogP contribution in [0.4, 0.5) is 0 Å². The summed E-state index contributed by atoms with van der Waals surface area (Å²) in [5.41, 5.74) is 2.12. The lowest BCUT2D eigenvalue weighted by Gasteiger charge is -2.13. The highest BCUT2D eigenvalue weighted by Crippen LogP contribution is 2.29. The third-order valence-corrected chi connectivity index (χ3v) is 3.52. The Hall–Kier alpha value is -1.42. The van der Waals surface area contributed by atoms with Crippen LogP contribution in [0, 0.1) is 0 Å². The van der Waals surface area contributed by atoms with Gasteiger partial charge in [0.15, 0.2) is 11.5 Å². The molecule has 2 aromatic carbocycles. The van der Waals surface area contributed by atoms with E-state index >= 15 is 0 Å². The van der Waals surface area contributed by atoms with Crippen molar-refractivity contribution in [3.63, 3.8) is 0 Å². The molecule has 0 atom stereocenters. The van der Waals surface area contributed by atoms with Crippen LogP contribution in [0.2, 0.25) is 5.02 Å². The fraction of sp³-hybridized carbons (Fsp3) is 0.294. The molecule has 2 aromatic rings. The third-order valence-electron chi connectivity index (χ3n) is 3.15. The van der Waals surface area contributed by atoms with Crippen LogP contribution in [0.5, 0.6) is 11.5 Å². The van der Waals surface area contributed by atoms with E-state index in [1.165, 1.54) is 5.56 Å². The standard InChI is InChI=1S/C17H20ClNO2.ClH/c1-3-19-11-13-8-9-16(17(10-13)20-2)21-12-14-6-4-5-7-15(14)18;/h4-10,19H,3,11-12H2,1-2H3;1H. The van der Waals surface area contributed by atoms with Crippen molar-refractivity contribution in [3.05, 3.63) is 58.6 Å². The molecular formula is C17H21Cl2NO2. The monoisotopic (exact) mass is 341 g/mol. The van der Waals surface area contributed by atoms with Crippen LogP contribution < -0.4 is 14.8 Å². The summed E-state index contributed by atoms with van der Waals surface area (Å²) in [5.74, 6) is 1.45. The maximum absolute atomic E-state index is 6.13. The zero-order valence-electron chi connectivity index (χ0n) is 12.8. The van der Waals surface area contributed by atoms with E-state index in [1.54, 1.807) is 7.11 Å². The van der Waals surface area contributed by atoms with Gasteiger partial charge in [-0.25, -0.2) is 0 Å². The van der Waals surface area contributed by atoms with Crippen molar-refractivity contribution in [1.82, 2.24) is 5.32 Å². The van der Waals surface area contributed by atoms with Crippen LogP contribution in [0.1, 0.15) is 18.1 Å². The highest BCUT2D eigenvalue weighted by Gasteiger charge is 2.07. The van der Waals surface area contributed by atoms with Gasteiger partial charge in [0.2, 0.25) is 0 Å². The largest absolute Gasteiger partial charge is 0.493 e. The van der Waals surface area contributed by atoms with Gasteiger partial charge < -0.3 is 14.8 Å². The van der Waals surface area contributed by atoms with Crippen molar-refractivity contribution >= 4 is 24.0 Å². The first-order chi connectivity index (χ1) is 10.2. The van der Waals surface area contributed by atoms with Gasteiger partial charge in [0.1, 0.15) is 6.61 Å². The molecule has 1 N–H and O–H groups in total. The molecule has 0 saturated heterocycles. The highest BCUT2D eigenvalue weighted by molar-refractivity contribution is 6.31. The van der Waals surface area contributed by atoms with E-state index in [0.29, 0.717) is 11.6 Å². The second kappa shape index (κ2) is 9.57. The predicted octanol–water partition coefficient (Wildman–Crippen LogP) is 4.46. The molecule has 0 spiro atoms. The first kappa shape index (κ1) is 18.6. The molecule has 0 bridgehead atoms. The first-order valence-corrected chi connectivity index (χ1v) is 7.36. The van der Waals surface area contributed by atoms with E-state index in [-0.39, 0.29) is 12.4 Å². The van der Waals surface area contributed by atoms with Crippen LogP contribution in [0.15, 0.2) is 42.5 Å². The van der Waals surface area contributed by atoms with Gasteiger partial charge in [-0.05, 0) is 30.3 Å².